The van der Waals surface area contributed by atoms with Crippen molar-refractivity contribution in [3.8, 4) is 11.3 Å². The van der Waals surface area contributed by atoms with Gasteiger partial charge in [0, 0.05) is 36.1 Å². The zero-order chi connectivity index (χ0) is 25.8. The van der Waals surface area contributed by atoms with Gasteiger partial charge in [0.1, 0.15) is 6.04 Å². The Morgan fingerprint density at radius 3 is 2.65 bits per heavy atom. The Balaban J connectivity index is 1.43. The van der Waals surface area contributed by atoms with Gasteiger partial charge in [-0.3, -0.25) is 19.6 Å². The second kappa shape index (κ2) is 11.4. The number of carbonyl (C=O) groups is 2. The lowest BCUT2D eigenvalue weighted by molar-refractivity contribution is -0.139. The predicted octanol–water partition coefficient (Wildman–Crippen LogP) is 4.63. The van der Waals surface area contributed by atoms with E-state index < -0.39 is 6.04 Å². The SMILES string of the molecule is CNC(C)C(=O)NC(C(=O)N1CCCC1c1ccnc(-c2cncc3ccccc23)c1)C1CCCCC1. The standard InChI is InChI=1S/C30H37N5O2/c1-20(31-2)29(36)34-28(21-9-4-3-5-10-21)30(37)35-16-8-13-27(35)22-14-15-33-26(17-22)25-19-32-18-23-11-6-7-12-24(23)25/h6-7,11-12,14-15,17-21,27-28,31H,3-5,8-10,13,16H2,1-2H3,(H,34,36). The van der Waals surface area contributed by atoms with Crippen LogP contribution in [0, 0.1) is 5.92 Å². The second-order valence-corrected chi connectivity index (χ2v) is 10.5. The molecule has 7 nitrogen and oxygen atoms in total. The number of nitrogens with zero attached hydrogens (tertiary/aromatic N) is 3. The lowest BCUT2D eigenvalue weighted by Gasteiger charge is -2.35. The highest BCUT2D eigenvalue weighted by Crippen LogP contribution is 2.36. The fraction of sp³-hybridized carbons (Fsp3) is 0.467. The van der Waals surface area contributed by atoms with E-state index in [0.29, 0.717) is 6.54 Å². The van der Waals surface area contributed by atoms with Crippen molar-refractivity contribution >= 4 is 22.6 Å². The molecular weight excluding hydrogens is 462 g/mol. The summed E-state index contributed by atoms with van der Waals surface area (Å²) in [5.74, 6) is 0.123. The van der Waals surface area contributed by atoms with Crippen LogP contribution in [0.2, 0.25) is 0 Å². The molecule has 3 aromatic rings. The average molecular weight is 500 g/mol. The summed E-state index contributed by atoms with van der Waals surface area (Å²) in [5.41, 5.74) is 2.94. The van der Waals surface area contributed by atoms with Crippen LogP contribution in [0.3, 0.4) is 0 Å². The van der Waals surface area contributed by atoms with Crippen molar-refractivity contribution in [3.63, 3.8) is 0 Å². The van der Waals surface area contributed by atoms with Gasteiger partial charge in [0.05, 0.1) is 17.8 Å². The molecule has 194 valence electrons. The maximum Gasteiger partial charge on any atom is 0.245 e. The average Bonchev–Trinajstić information content (AvgIpc) is 3.45. The van der Waals surface area contributed by atoms with Gasteiger partial charge in [0.25, 0.3) is 0 Å². The number of likely N-dealkylation sites (tertiary alicyclic amines) is 1. The number of hydrogen-bond acceptors (Lipinski definition) is 5. The summed E-state index contributed by atoms with van der Waals surface area (Å²) in [7, 11) is 1.77. The molecule has 1 aliphatic heterocycles. The molecule has 3 heterocycles. The zero-order valence-electron chi connectivity index (χ0n) is 21.8. The summed E-state index contributed by atoms with van der Waals surface area (Å²) in [6.45, 7) is 2.54. The molecule has 2 aromatic heterocycles. The van der Waals surface area contributed by atoms with Crippen LogP contribution in [-0.4, -0.2) is 52.4 Å². The molecular formula is C30H37N5O2. The van der Waals surface area contributed by atoms with Gasteiger partial charge in [-0.05, 0) is 68.7 Å². The fourth-order valence-corrected chi connectivity index (χ4v) is 5.94. The highest BCUT2D eigenvalue weighted by Gasteiger charge is 2.39. The van der Waals surface area contributed by atoms with E-state index >= 15 is 0 Å². The lowest BCUT2D eigenvalue weighted by Crippen LogP contribution is -2.55. The number of benzene rings is 1. The smallest absolute Gasteiger partial charge is 0.245 e. The van der Waals surface area contributed by atoms with Crippen LogP contribution in [0.4, 0.5) is 0 Å². The normalized spacial score (nSPS) is 20.1. The number of likely N-dealkylation sites (N-methyl/N-ethyl adjacent to an activating group) is 1. The van der Waals surface area contributed by atoms with Gasteiger partial charge in [-0.15, -0.1) is 0 Å². The number of pyridine rings is 2. The third-order valence-corrected chi connectivity index (χ3v) is 8.16. The zero-order valence-corrected chi connectivity index (χ0v) is 21.8. The minimum absolute atomic E-state index is 0.0260. The molecule has 2 N–H and O–H groups in total. The minimum atomic E-state index is -0.479. The topological polar surface area (TPSA) is 87.2 Å². The Hall–Kier alpha value is -3.32. The molecule has 2 aliphatic rings. The third-order valence-electron chi connectivity index (χ3n) is 8.16. The van der Waals surface area contributed by atoms with Crippen molar-refractivity contribution in [2.45, 2.75) is 70.0 Å². The molecule has 3 atom stereocenters. The van der Waals surface area contributed by atoms with E-state index in [1.807, 2.05) is 48.6 Å². The molecule has 2 amide bonds. The molecule has 5 rings (SSSR count). The number of amides is 2. The first-order valence-electron chi connectivity index (χ1n) is 13.6. The van der Waals surface area contributed by atoms with Gasteiger partial charge in [-0.1, -0.05) is 43.5 Å². The largest absolute Gasteiger partial charge is 0.343 e. The summed E-state index contributed by atoms with van der Waals surface area (Å²) < 4.78 is 0. The summed E-state index contributed by atoms with van der Waals surface area (Å²) >= 11 is 0. The van der Waals surface area contributed by atoms with E-state index in [-0.39, 0.29) is 29.8 Å². The molecule has 1 aromatic carbocycles. The van der Waals surface area contributed by atoms with Crippen LogP contribution >= 0.6 is 0 Å². The fourth-order valence-electron chi connectivity index (χ4n) is 5.94. The molecule has 7 heteroatoms. The van der Waals surface area contributed by atoms with Crippen LogP contribution in [0.1, 0.15) is 63.5 Å². The number of rotatable bonds is 7. The van der Waals surface area contributed by atoms with Gasteiger partial charge >= 0.3 is 0 Å². The van der Waals surface area contributed by atoms with Crippen molar-refractivity contribution in [3.05, 3.63) is 60.6 Å². The van der Waals surface area contributed by atoms with Gasteiger partial charge < -0.3 is 15.5 Å². The summed E-state index contributed by atoms with van der Waals surface area (Å²) in [4.78, 5) is 38.0. The summed E-state index contributed by atoms with van der Waals surface area (Å²) in [5, 5.41) is 8.32. The number of fused-ring (bicyclic) bond motifs is 1. The van der Waals surface area contributed by atoms with Crippen molar-refractivity contribution in [2.75, 3.05) is 13.6 Å². The maximum atomic E-state index is 14.1. The molecule has 37 heavy (non-hydrogen) atoms. The Morgan fingerprint density at radius 1 is 1.03 bits per heavy atom. The number of hydrogen-bond donors (Lipinski definition) is 2. The molecule has 0 radical (unpaired) electrons. The van der Waals surface area contributed by atoms with Crippen LogP contribution in [0.25, 0.3) is 22.0 Å². The monoisotopic (exact) mass is 499 g/mol. The van der Waals surface area contributed by atoms with Gasteiger partial charge in [0.15, 0.2) is 0 Å². The summed E-state index contributed by atoms with van der Waals surface area (Å²) in [6.07, 6.45) is 12.8. The van der Waals surface area contributed by atoms with Crippen LogP contribution < -0.4 is 10.6 Å². The van der Waals surface area contributed by atoms with E-state index in [4.69, 9.17) is 0 Å². The molecule has 3 unspecified atom stereocenters. The quantitative estimate of drug-likeness (QED) is 0.495. The lowest BCUT2D eigenvalue weighted by atomic mass is 9.83. The molecule has 1 saturated heterocycles. The van der Waals surface area contributed by atoms with E-state index in [1.54, 1.807) is 7.05 Å². The third kappa shape index (κ3) is 5.37. The Bertz CT molecular complexity index is 1250. The van der Waals surface area contributed by atoms with Crippen molar-refractivity contribution in [1.29, 1.82) is 0 Å². The number of aromatic nitrogens is 2. The van der Waals surface area contributed by atoms with Crippen molar-refractivity contribution in [1.82, 2.24) is 25.5 Å². The first-order valence-corrected chi connectivity index (χ1v) is 13.6. The molecule has 1 saturated carbocycles. The number of nitrogens with one attached hydrogen (secondary N) is 2. The van der Waals surface area contributed by atoms with Crippen LogP contribution in [-0.2, 0) is 9.59 Å². The summed E-state index contributed by atoms with van der Waals surface area (Å²) in [6, 6.07) is 11.5. The highest BCUT2D eigenvalue weighted by atomic mass is 16.2. The Labute approximate surface area is 219 Å². The Morgan fingerprint density at radius 2 is 1.84 bits per heavy atom. The van der Waals surface area contributed by atoms with Crippen molar-refractivity contribution in [2.24, 2.45) is 5.92 Å². The number of carbonyl (C=O) groups excluding carboxylic acids is 2. The molecule has 0 spiro atoms. The first kappa shape index (κ1) is 25.3. The van der Waals surface area contributed by atoms with E-state index in [0.717, 1.165) is 66.1 Å². The Kier molecular flexibility index (Phi) is 7.79. The second-order valence-electron chi connectivity index (χ2n) is 10.5. The van der Waals surface area contributed by atoms with Gasteiger partial charge in [-0.25, -0.2) is 0 Å². The van der Waals surface area contributed by atoms with E-state index in [1.165, 1.54) is 6.42 Å². The highest BCUT2D eigenvalue weighted by molar-refractivity contribution is 5.95. The minimum Gasteiger partial charge on any atom is -0.343 e. The van der Waals surface area contributed by atoms with E-state index in [2.05, 4.69) is 38.8 Å². The molecule has 2 fully saturated rings. The van der Waals surface area contributed by atoms with Crippen LogP contribution in [0.5, 0.6) is 0 Å². The maximum absolute atomic E-state index is 14.1. The predicted molar refractivity (Wildman–Crippen MR) is 146 cm³/mol. The molecule has 1 aliphatic carbocycles. The molecule has 0 bridgehead atoms. The van der Waals surface area contributed by atoms with Crippen LogP contribution in [0.15, 0.2) is 55.0 Å². The van der Waals surface area contributed by atoms with E-state index in [9.17, 15) is 9.59 Å². The first-order chi connectivity index (χ1) is 18.1. The van der Waals surface area contributed by atoms with Crippen molar-refractivity contribution < 1.29 is 9.59 Å². The van der Waals surface area contributed by atoms with Gasteiger partial charge in [0.2, 0.25) is 11.8 Å². The van der Waals surface area contributed by atoms with Gasteiger partial charge in [-0.2, -0.15) is 0 Å².